The van der Waals surface area contributed by atoms with E-state index in [1.54, 1.807) is 48.6 Å². The van der Waals surface area contributed by atoms with Crippen LogP contribution in [0.1, 0.15) is 18.1 Å². The summed E-state index contributed by atoms with van der Waals surface area (Å²) < 4.78 is 33.0. The predicted molar refractivity (Wildman–Crippen MR) is 114 cm³/mol. The Morgan fingerprint density at radius 2 is 1.63 bits per heavy atom. The Labute approximate surface area is 175 Å². The summed E-state index contributed by atoms with van der Waals surface area (Å²) in [6.45, 7) is 1.20. The van der Waals surface area contributed by atoms with Crippen LogP contribution in [0.15, 0.2) is 78.0 Å². The molecule has 0 aliphatic carbocycles. The zero-order chi connectivity index (χ0) is 21.7. The van der Waals surface area contributed by atoms with Crippen LogP contribution in [0.5, 0.6) is 5.75 Å². The predicted octanol–water partition coefficient (Wildman–Crippen LogP) is 3.24. The molecule has 0 N–H and O–H groups in total. The fourth-order valence-corrected chi connectivity index (χ4v) is 4.31. The maximum absolute atomic E-state index is 13.2. The molecule has 0 atom stereocenters. The highest BCUT2D eigenvalue weighted by Gasteiger charge is 2.29. The number of ether oxygens (including phenoxy) is 1. The number of para-hydroxylation sites is 1. The molecule has 8 heteroatoms. The van der Waals surface area contributed by atoms with Crippen molar-refractivity contribution < 1.29 is 22.7 Å². The van der Waals surface area contributed by atoms with E-state index in [9.17, 15) is 18.4 Å². The highest BCUT2D eigenvalue weighted by molar-refractivity contribution is 7.93. The zero-order valence-corrected chi connectivity index (χ0v) is 17.2. The number of rotatable bonds is 6. The molecule has 0 aliphatic rings. The molecule has 154 valence electrons. The van der Waals surface area contributed by atoms with Crippen LogP contribution in [0.4, 0.5) is 5.69 Å². The van der Waals surface area contributed by atoms with Gasteiger partial charge in [0, 0.05) is 19.1 Å². The lowest BCUT2D eigenvalue weighted by molar-refractivity contribution is -0.605. The fraction of sp³-hybridized carbons (Fsp3) is 0.0909. The number of anilines is 1. The van der Waals surface area contributed by atoms with E-state index >= 15 is 0 Å². The molecule has 7 nitrogen and oxygen atoms in total. The van der Waals surface area contributed by atoms with Gasteiger partial charge >= 0.3 is 0 Å². The number of benzene rings is 2. The van der Waals surface area contributed by atoms with Crippen molar-refractivity contribution in [2.45, 2.75) is 11.8 Å². The molecule has 0 saturated carbocycles. The summed E-state index contributed by atoms with van der Waals surface area (Å²) >= 11 is 0. The number of nitrogens with zero attached hydrogens (tertiary/aromatic N) is 2. The molecule has 0 saturated heterocycles. The fourth-order valence-electron chi connectivity index (χ4n) is 2.86. The third-order valence-electron chi connectivity index (χ3n) is 4.32. The first kappa shape index (κ1) is 21.1. The number of carbonyl (C=O) groups excluding carboxylic acids is 1. The van der Waals surface area contributed by atoms with Gasteiger partial charge in [-0.2, -0.15) is 4.73 Å². The Hall–Kier alpha value is -3.65. The molecule has 0 spiro atoms. The van der Waals surface area contributed by atoms with Crippen molar-refractivity contribution in [2.24, 2.45) is 0 Å². The van der Waals surface area contributed by atoms with E-state index in [4.69, 9.17) is 4.74 Å². The van der Waals surface area contributed by atoms with Gasteiger partial charge < -0.3 is 9.94 Å². The molecular formula is C22H20N2O5S. The number of carbonyl (C=O) groups is 1. The molecule has 1 heterocycles. The van der Waals surface area contributed by atoms with E-state index in [0.717, 1.165) is 9.87 Å². The van der Waals surface area contributed by atoms with Crippen molar-refractivity contribution in [3.63, 3.8) is 0 Å². The van der Waals surface area contributed by atoms with Gasteiger partial charge in [0.15, 0.2) is 12.4 Å². The van der Waals surface area contributed by atoms with Crippen molar-refractivity contribution in [3.05, 3.63) is 89.4 Å². The zero-order valence-electron chi connectivity index (χ0n) is 16.4. The van der Waals surface area contributed by atoms with Crippen LogP contribution in [0, 0.1) is 5.21 Å². The standard InChI is InChI=1S/C22H20N2O5S/c1-17(25)24(30(27,28)21-11-9-20(29-2)10-12-21)22-6-4-3-5-19(22)8-7-18-13-15-23(26)16-14-18/h3-16H,1-2H3/b8-7+. The molecule has 0 aliphatic heterocycles. The largest absolute Gasteiger partial charge is 0.619 e. The van der Waals surface area contributed by atoms with Gasteiger partial charge in [0.2, 0.25) is 5.91 Å². The summed E-state index contributed by atoms with van der Waals surface area (Å²) in [5.41, 5.74) is 1.51. The van der Waals surface area contributed by atoms with Gasteiger partial charge in [0.05, 0.1) is 17.7 Å². The molecule has 0 bridgehead atoms. The quantitative estimate of drug-likeness (QED) is 0.448. The molecular weight excluding hydrogens is 404 g/mol. The van der Waals surface area contributed by atoms with E-state index in [1.165, 1.54) is 50.7 Å². The number of sulfonamides is 1. The number of aromatic nitrogens is 1. The van der Waals surface area contributed by atoms with Crippen molar-refractivity contribution in [3.8, 4) is 5.75 Å². The number of amides is 1. The molecule has 2 aromatic carbocycles. The normalized spacial score (nSPS) is 11.4. The lowest BCUT2D eigenvalue weighted by Gasteiger charge is -2.23. The summed E-state index contributed by atoms with van der Waals surface area (Å²) in [4.78, 5) is 12.4. The van der Waals surface area contributed by atoms with E-state index in [1.807, 2.05) is 0 Å². The van der Waals surface area contributed by atoms with Crippen LogP contribution in [0.25, 0.3) is 12.2 Å². The average molecular weight is 424 g/mol. The van der Waals surface area contributed by atoms with Crippen LogP contribution < -0.4 is 13.8 Å². The first-order valence-corrected chi connectivity index (χ1v) is 10.4. The Morgan fingerprint density at radius 3 is 2.23 bits per heavy atom. The van der Waals surface area contributed by atoms with E-state index < -0.39 is 15.9 Å². The SMILES string of the molecule is COc1ccc(S(=O)(=O)N(C(C)=O)c2ccccc2/C=C/c2cc[n+]([O-])cc2)cc1. The lowest BCUT2D eigenvalue weighted by atomic mass is 10.1. The van der Waals surface area contributed by atoms with Gasteiger partial charge in [-0.1, -0.05) is 30.4 Å². The maximum atomic E-state index is 13.2. The number of methoxy groups -OCH3 is 1. The first-order chi connectivity index (χ1) is 14.3. The van der Waals surface area contributed by atoms with Crippen LogP contribution >= 0.6 is 0 Å². The van der Waals surface area contributed by atoms with E-state index in [-0.39, 0.29) is 10.6 Å². The van der Waals surface area contributed by atoms with Crippen molar-refractivity contribution >= 4 is 33.8 Å². The Balaban J connectivity index is 2.04. The second-order valence-electron chi connectivity index (χ2n) is 6.35. The first-order valence-electron chi connectivity index (χ1n) is 8.99. The van der Waals surface area contributed by atoms with Crippen molar-refractivity contribution in [2.75, 3.05) is 11.4 Å². The summed E-state index contributed by atoms with van der Waals surface area (Å²) in [5, 5.41) is 11.2. The summed E-state index contributed by atoms with van der Waals surface area (Å²) in [6.07, 6.45) is 6.15. The Bertz CT molecular complexity index is 1170. The van der Waals surface area contributed by atoms with Gasteiger partial charge in [0.25, 0.3) is 10.0 Å². The van der Waals surface area contributed by atoms with Crippen molar-refractivity contribution in [1.29, 1.82) is 0 Å². The van der Waals surface area contributed by atoms with Crippen LogP contribution in [0.2, 0.25) is 0 Å². The van der Waals surface area contributed by atoms with Crippen LogP contribution in [0.3, 0.4) is 0 Å². The van der Waals surface area contributed by atoms with Gasteiger partial charge in [-0.25, -0.2) is 12.7 Å². The second kappa shape index (κ2) is 8.79. The molecule has 3 aromatic rings. The van der Waals surface area contributed by atoms with Crippen LogP contribution in [-0.2, 0) is 14.8 Å². The summed E-state index contributed by atoms with van der Waals surface area (Å²) in [7, 11) is -2.66. The summed E-state index contributed by atoms with van der Waals surface area (Å²) in [5.74, 6) is -0.132. The van der Waals surface area contributed by atoms with Gasteiger partial charge in [-0.05, 0) is 41.5 Å². The lowest BCUT2D eigenvalue weighted by Crippen LogP contribution is -2.35. The highest BCUT2D eigenvalue weighted by Crippen LogP contribution is 2.29. The second-order valence-corrected chi connectivity index (χ2v) is 8.13. The molecule has 0 radical (unpaired) electrons. The number of hydrogen-bond acceptors (Lipinski definition) is 5. The number of hydrogen-bond donors (Lipinski definition) is 0. The highest BCUT2D eigenvalue weighted by atomic mass is 32.2. The van der Waals surface area contributed by atoms with E-state index in [0.29, 0.717) is 16.0 Å². The Morgan fingerprint density at radius 1 is 1.00 bits per heavy atom. The monoisotopic (exact) mass is 424 g/mol. The minimum Gasteiger partial charge on any atom is -0.619 e. The van der Waals surface area contributed by atoms with Crippen LogP contribution in [-0.4, -0.2) is 21.4 Å². The third kappa shape index (κ3) is 4.49. The Kier molecular flexibility index (Phi) is 6.17. The molecule has 0 fully saturated rings. The molecule has 30 heavy (non-hydrogen) atoms. The molecule has 1 aromatic heterocycles. The van der Waals surface area contributed by atoms with Gasteiger partial charge in [-0.3, -0.25) is 4.79 Å². The molecule has 1 amide bonds. The average Bonchev–Trinajstić information content (AvgIpc) is 2.74. The smallest absolute Gasteiger partial charge is 0.270 e. The summed E-state index contributed by atoms with van der Waals surface area (Å²) in [6, 6.07) is 15.8. The van der Waals surface area contributed by atoms with Gasteiger partial charge in [0.1, 0.15) is 5.75 Å². The topological polar surface area (TPSA) is 90.6 Å². The van der Waals surface area contributed by atoms with E-state index in [2.05, 4.69) is 0 Å². The molecule has 0 unspecified atom stereocenters. The number of pyridine rings is 1. The minimum absolute atomic E-state index is 0.0275. The maximum Gasteiger partial charge on any atom is 0.270 e. The third-order valence-corrected chi connectivity index (χ3v) is 6.12. The van der Waals surface area contributed by atoms with Crippen molar-refractivity contribution in [1.82, 2.24) is 0 Å². The minimum atomic E-state index is -4.14. The molecule has 3 rings (SSSR count). The van der Waals surface area contributed by atoms with Gasteiger partial charge in [-0.15, -0.1) is 0 Å².